The standard InChI is InChI=1S/C11H14N2S/c1-9-3-2-4-10(7-9)8-13-11-12-5-6-14-11/h2-4,7H,5-6,8H2,1H3,(H,12,13). The van der Waals surface area contributed by atoms with Crippen LogP contribution in [0, 0.1) is 6.92 Å². The fraction of sp³-hybridized carbons (Fsp3) is 0.364. The van der Waals surface area contributed by atoms with Crippen molar-refractivity contribution in [1.29, 1.82) is 0 Å². The van der Waals surface area contributed by atoms with Gasteiger partial charge < -0.3 is 5.32 Å². The third-order valence-corrected chi connectivity index (χ3v) is 3.05. The zero-order valence-corrected chi connectivity index (χ0v) is 9.10. The van der Waals surface area contributed by atoms with Crippen molar-refractivity contribution in [2.45, 2.75) is 13.5 Å². The van der Waals surface area contributed by atoms with Crippen LogP contribution < -0.4 is 5.32 Å². The number of rotatable bonds is 2. The van der Waals surface area contributed by atoms with E-state index in [2.05, 4.69) is 41.5 Å². The monoisotopic (exact) mass is 206 g/mol. The molecule has 0 saturated carbocycles. The molecule has 1 aromatic carbocycles. The molecule has 0 radical (unpaired) electrons. The number of aliphatic imine (C=N–C) groups is 1. The van der Waals surface area contributed by atoms with Gasteiger partial charge in [0, 0.05) is 12.3 Å². The minimum atomic E-state index is 0.882. The molecule has 0 spiro atoms. The summed E-state index contributed by atoms with van der Waals surface area (Å²) < 4.78 is 0. The summed E-state index contributed by atoms with van der Waals surface area (Å²) in [6.07, 6.45) is 0. The van der Waals surface area contributed by atoms with Crippen LogP contribution in [0.2, 0.25) is 0 Å². The molecule has 1 aromatic rings. The molecule has 14 heavy (non-hydrogen) atoms. The van der Waals surface area contributed by atoms with Crippen LogP contribution in [0.3, 0.4) is 0 Å². The molecule has 1 aliphatic heterocycles. The Morgan fingerprint density at radius 3 is 3.14 bits per heavy atom. The number of hydrogen-bond acceptors (Lipinski definition) is 3. The highest BCUT2D eigenvalue weighted by Gasteiger charge is 2.05. The van der Waals surface area contributed by atoms with Crippen LogP contribution in [0.5, 0.6) is 0 Å². The van der Waals surface area contributed by atoms with E-state index in [1.807, 2.05) is 0 Å². The quantitative estimate of drug-likeness (QED) is 0.802. The van der Waals surface area contributed by atoms with Gasteiger partial charge in [-0.05, 0) is 12.5 Å². The molecule has 3 heteroatoms. The Morgan fingerprint density at radius 1 is 1.50 bits per heavy atom. The van der Waals surface area contributed by atoms with E-state index in [9.17, 15) is 0 Å². The fourth-order valence-corrected chi connectivity index (χ4v) is 2.17. The van der Waals surface area contributed by atoms with Crippen molar-refractivity contribution in [3.8, 4) is 0 Å². The molecular formula is C11H14N2S. The van der Waals surface area contributed by atoms with Gasteiger partial charge in [0.25, 0.3) is 0 Å². The molecule has 0 aromatic heterocycles. The molecule has 2 nitrogen and oxygen atoms in total. The van der Waals surface area contributed by atoms with E-state index in [1.165, 1.54) is 11.1 Å². The van der Waals surface area contributed by atoms with Crippen LogP contribution in [0.1, 0.15) is 11.1 Å². The Hall–Kier alpha value is -0.960. The molecule has 2 rings (SSSR count). The van der Waals surface area contributed by atoms with Crippen LogP contribution in [-0.4, -0.2) is 17.5 Å². The minimum Gasteiger partial charge on any atom is -0.361 e. The van der Waals surface area contributed by atoms with Gasteiger partial charge in [0.2, 0.25) is 0 Å². The van der Waals surface area contributed by atoms with Gasteiger partial charge in [-0.3, -0.25) is 4.99 Å². The lowest BCUT2D eigenvalue weighted by atomic mass is 10.1. The summed E-state index contributed by atoms with van der Waals surface area (Å²) in [6, 6.07) is 8.55. The first-order valence-electron chi connectivity index (χ1n) is 4.81. The van der Waals surface area contributed by atoms with E-state index in [-0.39, 0.29) is 0 Å². The van der Waals surface area contributed by atoms with Crippen molar-refractivity contribution < 1.29 is 0 Å². The van der Waals surface area contributed by atoms with Crippen molar-refractivity contribution in [1.82, 2.24) is 5.32 Å². The first-order chi connectivity index (χ1) is 6.84. The van der Waals surface area contributed by atoms with E-state index in [1.54, 1.807) is 11.8 Å². The lowest BCUT2D eigenvalue weighted by molar-refractivity contribution is 0.921. The summed E-state index contributed by atoms with van der Waals surface area (Å²) in [7, 11) is 0. The zero-order valence-electron chi connectivity index (χ0n) is 8.29. The van der Waals surface area contributed by atoms with Crippen molar-refractivity contribution in [3.05, 3.63) is 35.4 Å². The van der Waals surface area contributed by atoms with Crippen molar-refractivity contribution >= 4 is 16.9 Å². The highest BCUT2D eigenvalue weighted by molar-refractivity contribution is 8.14. The average molecular weight is 206 g/mol. The summed E-state index contributed by atoms with van der Waals surface area (Å²) >= 11 is 1.80. The summed E-state index contributed by atoms with van der Waals surface area (Å²) in [5.74, 6) is 1.12. The molecule has 0 unspecified atom stereocenters. The molecule has 1 aliphatic rings. The Labute approximate surface area is 88.8 Å². The van der Waals surface area contributed by atoms with Crippen LogP contribution in [0.25, 0.3) is 0 Å². The smallest absolute Gasteiger partial charge is 0.156 e. The third-order valence-electron chi connectivity index (χ3n) is 2.11. The fourth-order valence-electron chi connectivity index (χ4n) is 1.44. The van der Waals surface area contributed by atoms with Crippen LogP contribution in [0.15, 0.2) is 29.3 Å². The Balaban J connectivity index is 1.91. The van der Waals surface area contributed by atoms with E-state index in [0.717, 1.165) is 24.0 Å². The SMILES string of the molecule is Cc1cccc(CNC2=NCCS2)c1. The third kappa shape index (κ3) is 2.51. The second kappa shape index (κ2) is 4.51. The van der Waals surface area contributed by atoms with Crippen LogP contribution >= 0.6 is 11.8 Å². The zero-order chi connectivity index (χ0) is 9.80. The lowest BCUT2D eigenvalue weighted by Crippen LogP contribution is -2.18. The van der Waals surface area contributed by atoms with E-state index in [0.29, 0.717) is 0 Å². The maximum absolute atomic E-state index is 4.34. The number of nitrogens with zero attached hydrogens (tertiary/aromatic N) is 1. The summed E-state index contributed by atoms with van der Waals surface area (Å²) in [6.45, 7) is 3.96. The van der Waals surface area contributed by atoms with Gasteiger partial charge in [0.1, 0.15) is 0 Å². The van der Waals surface area contributed by atoms with E-state index < -0.39 is 0 Å². The second-order valence-corrected chi connectivity index (χ2v) is 4.46. The van der Waals surface area contributed by atoms with Gasteiger partial charge in [-0.15, -0.1) is 0 Å². The molecule has 0 amide bonds. The molecular weight excluding hydrogens is 192 g/mol. The minimum absolute atomic E-state index is 0.882. The number of aryl methyl sites for hydroxylation is 1. The first-order valence-corrected chi connectivity index (χ1v) is 5.80. The van der Waals surface area contributed by atoms with Crippen molar-refractivity contribution in [2.75, 3.05) is 12.3 Å². The number of thioether (sulfide) groups is 1. The molecule has 0 fully saturated rings. The maximum atomic E-state index is 4.34. The van der Waals surface area contributed by atoms with Crippen LogP contribution in [0.4, 0.5) is 0 Å². The summed E-state index contributed by atoms with van der Waals surface area (Å²) in [5.41, 5.74) is 2.63. The Morgan fingerprint density at radius 2 is 2.43 bits per heavy atom. The second-order valence-electron chi connectivity index (χ2n) is 3.38. The number of amidine groups is 1. The summed E-state index contributed by atoms with van der Waals surface area (Å²) in [4.78, 5) is 4.34. The van der Waals surface area contributed by atoms with Gasteiger partial charge in [-0.25, -0.2) is 0 Å². The van der Waals surface area contributed by atoms with Gasteiger partial charge in [0.15, 0.2) is 5.17 Å². The van der Waals surface area contributed by atoms with Gasteiger partial charge in [-0.1, -0.05) is 41.6 Å². The number of benzene rings is 1. The maximum Gasteiger partial charge on any atom is 0.156 e. The predicted molar refractivity (Wildman–Crippen MR) is 62.8 cm³/mol. The highest BCUT2D eigenvalue weighted by atomic mass is 32.2. The average Bonchev–Trinajstić information content (AvgIpc) is 2.67. The normalized spacial score (nSPS) is 15.4. The molecule has 1 heterocycles. The molecule has 0 aliphatic carbocycles. The lowest BCUT2D eigenvalue weighted by Gasteiger charge is -2.05. The van der Waals surface area contributed by atoms with E-state index in [4.69, 9.17) is 0 Å². The van der Waals surface area contributed by atoms with Gasteiger partial charge in [0.05, 0.1) is 6.54 Å². The largest absolute Gasteiger partial charge is 0.361 e. The van der Waals surface area contributed by atoms with Crippen molar-refractivity contribution in [2.24, 2.45) is 4.99 Å². The Bertz CT molecular complexity index is 347. The molecule has 0 bridgehead atoms. The summed E-state index contributed by atoms with van der Waals surface area (Å²) in [5, 5.41) is 4.43. The molecule has 0 atom stereocenters. The first kappa shape index (κ1) is 9.59. The Kier molecular flexibility index (Phi) is 3.09. The highest BCUT2D eigenvalue weighted by Crippen LogP contribution is 2.10. The van der Waals surface area contributed by atoms with E-state index >= 15 is 0 Å². The molecule has 0 saturated heterocycles. The topological polar surface area (TPSA) is 24.4 Å². The molecule has 74 valence electrons. The van der Waals surface area contributed by atoms with Crippen LogP contribution in [-0.2, 0) is 6.54 Å². The molecule has 1 N–H and O–H groups in total. The van der Waals surface area contributed by atoms with Gasteiger partial charge in [-0.2, -0.15) is 0 Å². The number of hydrogen-bond donors (Lipinski definition) is 1. The number of nitrogens with one attached hydrogen (secondary N) is 1. The predicted octanol–water partition coefficient (Wildman–Crippen LogP) is 2.19. The van der Waals surface area contributed by atoms with Crippen molar-refractivity contribution in [3.63, 3.8) is 0 Å². The van der Waals surface area contributed by atoms with Gasteiger partial charge >= 0.3 is 0 Å².